The highest BCUT2D eigenvalue weighted by molar-refractivity contribution is 5.78. The Morgan fingerprint density at radius 2 is 2.12 bits per heavy atom. The maximum absolute atomic E-state index is 5.96. The van der Waals surface area contributed by atoms with E-state index in [1.807, 2.05) is 0 Å². The topological polar surface area (TPSA) is 60.1 Å². The van der Waals surface area contributed by atoms with Gasteiger partial charge in [0.1, 0.15) is 0 Å². The Morgan fingerprint density at radius 1 is 1.41 bits per heavy atom. The normalized spacial score (nSPS) is 29.6. The molecule has 2 fully saturated rings. The van der Waals surface area contributed by atoms with E-state index in [4.69, 9.17) is 15.2 Å². The number of morpholine rings is 1. The minimum absolute atomic E-state index is 0.00785. The van der Waals surface area contributed by atoms with E-state index in [1.165, 1.54) is 0 Å². The van der Waals surface area contributed by atoms with Crippen LogP contribution in [0.3, 0.4) is 0 Å². The summed E-state index contributed by atoms with van der Waals surface area (Å²) in [4.78, 5) is 6.51. The fraction of sp³-hybridized carbons (Fsp3) is 0.917. The van der Waals surface area contributed by atoms with E-state index in [2.05, 4.69) is 23.7 Å². The van der Waals surface area contributed by atoms with Crippen LogP contribution in [0.5, 0.6) is 0 Å². The molecule has 2 heterocycles. The third-order valence-electron chi connectivity index (χ3n) is 3.35. The summed E-state index contributed by atoms with van der Waals surface area (Å²) in [5, 5.41) is 0. The van der Waals surface area contributed by atoms with Gasteiger partial charge in [-0.2, -0.15) is 0 Å². The Bertz CT molecular complexity index is 285. The monoisotopic (exact) mass is 241 g/mol. The summed E-state index contributed by atoms with van der Waals surface area (Å²) in [6, 6.07) is 0. The molecular weight excluding hydrogens is 218 g/mol. The smallest absolute Gasteiger partial charge is 0.191 e. The highest BCUT2D eigenvalue weighted by Gasteiger charge is 2.31. The second kappa shape index (κ2) is 5.23. The maximum atomic E-state index is 5.96. The van der Waals surface area contributed by atoms with Crippen LogP contribution in [0.4, 0.5) is 0 Å². The van der Waals surface area contributed by atoms with Crippen LogP contribution in [0.25, 0.3) is 0 Å². The molecule has 2 aliphatic rings. The fourth-order valence-electron chi connectivity index (χ4n) is 2.29. The van der Waals surface area contributed by atoms with Gasteiger partial charge in [-0.05, 0) is 26.7 Å². The molecule has 0 unspecified atom stereocenters. The lowest BCUT2D eigenvalue weighted by Gasteiger charge is -2.27. The number of hydrogen-bond acceptors (Lipinski definition) is 3. The summed E-state index contributed by atoms with van der Waals surface area (Å²) in [7, 11) is 0. The van der Waals surface area contributed by atoms with E-state index in [0.29, 0.717) is 12.5 Å². The van der Waals surface area contributed by atoms with Crippen LogP contribution in [0.1, 0.15) is 26.7 Å². The van der Waals surface area contributed by atoms with Gasteiger partial charge < -0.3 is 20.1 Å². The van der Waals surface area contributed by atoms with Crippen molar-refractivity contribution in [3.63, 3.8) is 0 Å². The van der Waals surface area contributed by atoms with Crippen LogP contribution in [-0.4, -0.2) is 55.4 Å². The Balaban J connectivity index is 1.79. The summed E-state index contributed by atoms with van der Waals surface area (Å²) < 4.78 is 11.2. The van der Waals surface area contributed by atoms with Crippen molar-refractivity contribution in [3.05, 3.63) is 0 Å². The highest BCUT2D eigenvalue weighted by atomic mass is 16.5. The third-order valence-corrected chi connectivity index (χ3v) is 3.35. The second-order valence-electron chi connectivity index (χ2n) is 5.34. The van der Waals surface area contributed by atoms with Gasteiger partial charge >= 0.3 is 0 Å². The average molecular weight is 241 g/mol. The van der Waals surface area contributed by atoms with Crippen molar-refractivity contribution in [1.82, 2.24) is 4.90 Å². The first-order valence-electron chi connectivity index (χ1n) is 6.37. The lowest BCUT2D eigenvalue weighted by Crippen LogP contribution is -2.45. The molecule has 0 saturated carbocycles. The zero-order chi connectivity index (χ0) is 12.3. The van der Waals surface area contributed by atoms with E-state index in [1.54, 1.807) is 0 Å². The minimum atomic E-state index is 0.00785. The number of aliphatic imine (C=N–C) groups is 1. The predicted molar refractivity (Wildman–Crippen MR) is 67.1 cm³/mol. The molecule has 1 atom stereocenters. The van der Waals surface area contributed by atoms with Crippen molar-refractivity contribution < 1.29 is 9.47 Å². The molecule has 98 valence electrons. The molecule has 2 saturated heterocycles. The van der Waals surface area contributed by atoms with Crippen molar-refractivity contribution in [2.75, 3.05) is 32.8 Å². The summed E-state index contributed by atoms with van der Waals surface area (Å²) in [5.41, 5.74) is 5.97. The van der Waals surface area contributed by atoms with Crippen LogP contribution in [-0.2, 0) is 9.47 Å². The van der Waals surface area contributed by atoms with Crippen LogP contribution >= 0.6 is 0 Å². The SMILES string of the molecule is CC1(C)CC[C@@H](CN=C(N)N2CCOCC2)O1. The summed E-state index contributed by atoms with van der Waals surface area (Å²) >= 11 is 0. The molecule has 2 N–H and O–H groups in total. The van der Waals surface area contributed by atoms with Crippen LogP contribution < -0.4 is 5.73 Å². The number of guanidine groups is 1. The zero-order valence-corrected chi connectivity index (χ0v) is 10.8. The van der Waals surface area contributed by atoms with Gasteiger partial charge in [0, 0.05) is 13.1 Å². The van der Waals surface area contributed by atoms with Crippen molar-refractivity contribution in [1.29, 1.82) is 0 Å². The Morgan fingerprint density at radius 3 is 2.71 bits per heavy atom. The number of hydrogen-bond donors (Lipinski definition) is 1. The molecule has 0 bridgehead atoms. The first-order chi connectivity index (χ1) is 8.07. The number of nitrogens with two attached hydrogens (primary N) is 1. The van der Waals surface area contributed by atoms with Crippen molar-refractivity contribution in [3.8, 4) is 0 Å². The van der Waals surface area contributed by atoms with Gasteiger partial charge in [-0.1, -0.05) is 0 Å². The lowest BCUT2D eigenvalue weighted by atomic mass is 10.1. The van der Waals surface area contributed by atoms with Crippen LogP contribution in [0.15, 0.2) is 4.99 Å². The number of ether oxygens (including phenoxy) is 2. The summed E-state index contributed by atoms with van der Waals surface area (Å²) in [5.74, 6) is 0.626. The molecule has 5 nitrogen and oxygen atoms in total. The molecule has 0 radical (unpaired) electrons. The number of rotatable bonds is 2. The first kappa shape index (κ1) is 12.6. The molecule has 17 heavy (non-hydrogen) atoms. The zero-order valence-electron chi connectivity index (χ0n) is 10.8. The molecule has 2 aliphatic heterocycles. The van der Waals surface area contributed by atoms with E-state index >= 15 is 0 Å². The van der Waals surface area contributed by atoms with E-state index in [0.717, 1.165) is 39.1 Å². The molecule has 0 amide bonds. The van der Waals surface area contributed by atoms with Crippen molar-refractivity contribution in [2.24, 2.45) is 10.7 Å². The predicted octanol–water partition coefficient (Wildman–Crippen LogP) is 0.591. The Hall–Kier alpha value is -0.810. The molecule has 2 rings (SSSR count). The van der Waals surface area contributed by atoms with Gasteiger partial charge in [0.2, 0.25) is 0 Å². The molecule has 0 aromatic carbocycles. The van der Waals surface area contributed by atoms with Gasteiger partial charge in [0.25, 0.3) is 0 Å². The van der Waals surface area contributed by atoms with Gasteiger partial charge in [-0.15, -0.1) is 0 Å². The molecule has 5 heteroatoms. The second-order valence-corrected chi connectivity index (χ2v) is 5.34. The lowest BCUT2D eigenvalue weighted by molar-refractivity contribution is -0.0108. The molecule has 0 aliphatic carbocycles. The quantitative estimate of drug-likeness (QED) is 0.568. The van der Waals surface area contributed by atoms with E-state index in [-0.39, 0.29) is 11.7 Å². The van der Waals surface area contributed by atoms with Crippen molar-refractivity contribution >= 4 is 5.96 Å². The van der Waals surface area contributed by atoms with Gasteiger partial charge in [-0.25, -0.2) is 0 Å². The summed E-state index contributed by atoms with van der Waals surface area (Å²) in [6.45, 7) is 8.09. The minimum Gasteiger partial charge on any atom is -0.378 e. The molecule has 0 aromatic heterocycles. The van der Waals surface area contributed by atoms with Gasteiger partial charge in [-0.3, -0.25) is 4.99 Å². The largest absolute Gasteiger partial charge is 0.378 e. The van der Waals surface area contributed by atoms with Crippen LogP contribution in [0, 0.1) is 0 Å². The highest BCUT2D eigenvalue weighted by Crippen LogP contribution is 2.29. The van der Waals surface area contributed by atoms with Gasteiger partial charge in [0.15, 0.2) is 5.96 Å². The molecule has 0 aromatic rings. The number of nitrogens with zero attached hydrogens (tertiary/aromatic N) is 2. The average Bonchev–Trinajstić information content (AvgIpc) is 2.67. The van der Waals surface area contributed by atoms with Crippen molar-refractivity contribution in [2.45, 2.75) is 38.4 Å². The van der Waals surface area contributed by atoms with Gasteiger partial charge in [0.05, 0.1) is 31.5 Å². The van der Waals surface area contributed by atoms with E-state index < -0.39 is 0 Å². The standard InChI is InChI=1S/C12H23N3O2/c1-12(2)4-3-10(17-12)9-14-11(13)15-5-7-16-8-6-15/h10H,3-9H2,1-2H3,(H2,13,14)/t10-/m0/s1. The molecular formula is C12H23N3O2. The summed E-state index contributed by atoms with van der Waals surface area (Å²) in [6.07, 6.45) is 2.40. The van der Waals surface area contributed by atoms with E-state index in [9.17, 15) is 0 Å². The Labute approximate surface area is 103 Å². The maximum Gasteiger partial charge on any atom is 0.191 e. The third kappa shape index (κ3) is 3.57. The first-order valence-corrected chi connectivity index (χ1v) is 6.37. The Kier molecular flexibility index (Phi) is 3.89. The van der Waals surface area contributed by atoms with Crippen LogP contribution in [0.2, 0.25) is 0 Å². The molecule has 0 spiro atoms. The fourth-order valence-corrected chi connectivity index (χ4v) is 2.29.